The van der Waals surface area contributed by atoms with Gasteiger partial charge < -0.3 is 0 Å². The summed E-state index contributed by atoms with van der Waals surface area (Å²) in [6.07, 6.45) is -1.03. The van der Waals surface area contributed by atoms with E-state index in [-0.39, 0.29) is 0 Å². The molecule has 0 atom stereocenters. The predicted octanol–water partition coefficient (Wildman–Crippen LogP) is 3.00. The average molecular weight is 345 g/mol. The van der Waals surface area contributed by atoms with Crippen LogP contribution in [0.3, 0.4) is 0 Å². The molecule has 5 nitrogen and oxygen atoms in total. The van der Waals surface area contributed by atoms with Crippen molar-refractivity contribution in [1.29, 1.82) is 0 Å². The monoisotopic (exact) mass is 345 g/mol. The molecule has 1 aliphatic rings. The fourth-order valence-electron chi connectivity index (χ4n) is 2.95. The Bertz CT molecular complexity index is 926. The van der Waals surface area contributed by atoms with Gasteiger partial charge in [-0.1, -0.05) is 12.1 Å². The predicted molar refractivity (Wildman–Crippen MR) is 84.4 cm³/mol. The molecule has 25 heavy (non-hydrogen) atoms. The van der Waals surface area contributed by atoms with Gasteiger partial charge in [-0.05, 0) is 12.1 Å². The molecule has 3 heterocycles. The van der Waals surface area contributed by atoms with Crippen molar-refractivity contribution < 1.29 is 13.2 Å². The van der Waals surface area contributed by atoms with Gasteiger partial charge in [-0.25, -0.2) is 15.0 Å². The largest absolute Gasteiger partial charge is 0.451 e. The molecule has 0 aliphatic carbocycles. The van der Waals surface area contributed by atoms with Crippen molar-refractivity contribution >= 4 is 11.0 Å². The van der Waals surface area contributed by atoms with E-state index in [1.807, 2.05) is 24.3 Å². The SMILES string of the molecule is FC(F)(F)c1ncc2c(n1)CCN(Cc1cnc3ccccc3n1)C2. The Morgan fingerprint density at radius 1 is 1.00 bits per heavy atom. The Morgan fingerprint density at radius 2 is 1.80 bits per heavy atom. The molecule has 0 fully saturated rings. The van der Waals surface area contributed by atoms with E-state index in [0.717, 1.165) is 22.3 Å². The Hall–Kier alpha value is -2.61. The molecule has 0 radical (unpaired) electrons. The summed E-state index contributed by atoms with van der Waals surface area (Å²) in [5, 5.41) is 0. The average Bonchev–Trinajstić information content (AvgIpc) is 2.60. The highest BCUT2D eigenvalue weighted by molar-refractivity contribution is 5.73. The minimum atomic E-state index is -4.51. The molecule has 0 saturated carbocycles. The molecular weight excluding hydrogens is 331 g/mol. The first-order chi connectivity index (χ1) is 12.0. The van der Waals surface area contributed by atoms with Gasteiger partial charge in [0.25, 0.3) is 0 Å². The maximum absolute atomic E-state index is 12.7. The standard InChI is InChI=1S/C17H14F3N5/c18-17(19,20)16-22-7-11-9-25(6-5-13(11)24-16)10-12-8-21-14-3-1-2-4-15(14)23-12/h1-4,7-8H,5-6,9-10H2. The van der Waals surface area contributed by atoms with Crippen LogP contribution in [0.2, 0.25) is 0 Å². The van der Waals surface area contributed by atoms with E-state index in [4.69, 9.17) is 0 Å². The van der Waals surface area contributed by atoms with Crippen molar-refractivity contribution in [3.8, 4) is 0 Å². The zero-order valence-corrected chi connectivity index (χ0v) is 13.2. The van der Waals surface area contributed by atoms with Crippen LogP contribution in [0.4, 0.5) is 13.2 Å². The molecule has 0 unspecified atom stereocenters. The van der Waals surface area contributed by atoms with E-state index in [1.54, 1.807) is 6.20 Å². The highest BCUT2D eigenvalue weighted by Crippen LogP contribution is 2.28. The molecule has 128 valence electrons. The lowest BCUT2D eigenvalue weighted by Gasteiger charge is -2.27. The lowest BCUT2D eigenvalue weighted by Crippen LogP contribution is -2.32. The molecule has 0 amide bonds. The molecule has 0 N–H and O–H groups in total. The lowest BCUT2D eigenvalue weighted by atomic mass is 10.1. The van der Waals surface area contributed by atoms with E-state index < -0.39 is 12.0 Å². The summed E-state index contributed by atoms with van der Waals surface area (Å²) in [5.41, 5.74) is 3.70. The van der Waals surface area contributed by atoms with Gasteiger partial charge in [0.2, 0.25) is 5.82 Å². The molecule has 4 rings (SSSR count). The summed E-state index contributed by atoms with van der Waals surface area (Å²) in [4.78, 5) is 18.2. The summed E-state index contributed by atoms with van der Waals surface area (Å²) in [6, 6.07) is 7.63. The van der Waals surface area contributed by atoms with Crippen LogP contribution >= 0.6 is 0 Å². The molecule has 8 heteroatoms. The Balaban J connectivity index is 1.52. The second-order valence-electron chi connectivity index (χ2n) is 5.97. The van der Waals surface area contributed by atoms with Crippen LogP contribution in [0.15, 0.2) is 36.7 Å². The van der Waals surface area contributed by atoms with Gasteiger partial charge in [-0.3, -0.25) is 9.88 Å². The normalized spacial score (nSPS) is 15.3. The number of hydrogen-bond acceptors (Lipinski definition) is 5. The maximum atomic E-state index is 12.7. The fraction of sp³-hybridized carbons (Fsp3) is 0.294. The Kier molecular flexibility index (Phi) is 3.84. The molecular formula is C17H14F3N5. The van der Waals surface area contributed by atoms with Gasteiger partial charge in [0.1, 0.15) is 0 Å². The molecule has 0 spiro atoms. The van der Waals surface area contributed by atoms with Crippen molar-refractivity contribution in [2.24, 2.45) is 0 Å². The number of halogens is 3. The molecule has 1 aromatic carbocycles. The zero-order chi connectivity index (χ0) is 17.4. The Labute approximate surface area is 141 Å². The molecule has 0 saturated heterocycles. The van der Waals surface area contributed by atoms with Crippen molar-refractivity contribution in [2.75, 3.05) is 6.54 Å². The van der Waals surface area contributed by atoms with E-state index in [1.165, 1.54) is 6.20 Å². The summed E-state index contributed by atoms with van der Waals surface area (Å²) in [6.45, 7) is 1.70. The molecule has 2 aromatic heterocycles. The second-order valence-corrected chi connectivity index (χ2v) is 5.97. The second kappa shape index (κ2) is 6.03. The topological polar surface area (TPSA) is 54.8 Å². The number of para-hydroxylation sites is 2. The smallest absolute Gasteiger partial charge is 0.293 e. The minimum absolute atomic E-state index is 0.460. The molecule has 3 aromatic rings. The third-order valence-electron chi connectivity index (χ3n) is 4.15. The minimum Gasteiger partial charge on any atom is -0.293 e. The first-order valence-electron chi connectivity index (χ1n) is 7.84. The van der Waals surface area contributed by atoms with Crippen LogP contribution in [0.5, 0.6) is 0 Å². The molecule has 1 aliphatic heterocycles. The van der Waals surface area contributed by atoms with Crippen molar-refractivity contribution in [3.05, 3.63) is 59.4 Å². The van der Waals surface area contributed by atoms with Gasteiger partial charge in [0.05, 0.1) is 28.6 Å². The van der Waals surface area contributed by atoms with Crippen LogP contribution in [0.1, 0.15) is 22.8 Å². The van der Waals surface area contributed by atoms with Gasteiger partial charge in [-0.15, -0.1) is 0 Å². The third-order valence-corrected chi connectivity index (χ3v) is 4.15. The first kappa shape index (κ1) is 15.9. The lowest BCUT2D eigenvalue weighted by molar-refractivity contribution is -0.145. The quantitative estimate of drug-likeness (QED) is 0.715. The summed E-state index contributed by atoms with van der Waals surface area (Å²) >= 11 is 0. The number of benzene rings is 1. The first-order valence-corrected chi connectivity index (χ1v) is 7.84. The third kappa shape index (κ3) is 3.30. The Morgan fingerprint density at radius 3 is 2.60 bits per heavy atom. The summed E-state index contributed by atoms with van der Waals surface area (Å²) in [7, 11) is 0. The number of hydrogen-bond donors (Lipinski definition) is 0. The van der Waals surface area contributed by atoms with Crippen LogP contribution in [0, 0.1) is 0 Å². The van der Waals surface area contributed by atoms with E-state index >= 15 is 0 Å². The highest BCUT2D eigenvalue weighted by atomic mass is 19.4. The van der Waals surface area contributed by atoms with Gasteiger partial charge in [0.15, 0.2) is 0 Å². The van der Waals surface area contributed by atoms with Crippen LogP contribution in [-0.4, -0.2) is 31.4 Å². The summed E-state index contributed by atoms with van der Waals surface area (Å²) in [5.74, 6) is -1.07. The van der Waals surface area contributed by atoms with Crippen LogP contribution in [-0.2, 0) is 25.7 Å². The van der Waals surface area contributed by atoms with Crippen LogP contribution in [0.25, 0.3) is 11.0 Å². The highest BCUT2D eigenvalue weighted by Gasteiger charge is 2.35. The van der Waals surface area contributed by atoms with Gasteiger partial charge >= 0.3 is 6.18 Å². The van der Waals surface area contributed by atoms with Crippen molar-refractivity contribution in [3.63, 3.8) is 0 Å². The van der Waals surface area contributed by atoms with E-state index in [0.29, 0.717) is 31.7 Å². The number of nitrogens with zero attached hydrogens (tertiary/aromatic N) is 5. The van der Waals surface area contributed by atoms with Crippen LogP contribution < -0.4 is 0 Å². The van der Waals surface area contributed by atoms with Gasteiger partial charge in [-0.2, -0.15) is 13.2 Å². The summed E-state index contributed by atoms with van der Waals surface area (Å²) < 4.78 is 38.1. The number of fused-ring (bicyclic) bond motifs is 2. The maximum Gasteiger partial charge on any atom is 0.451 e. The van der Waals surface area contributed by atoms with E-state index in [9.17, 15) is 13.2 Å². The number of aromatic nitrogens is 4. The fourth-order valence-corrected chi connectivity index (χ4v) is 2.95. The zero-order valence-electron chi connectivity index (χ0n) is 13.2. The van der Waals surface area contributed by atoms with E-state index in [2.05, 4.69) is 24.8 Å². The van der Waals surface area contributed by atoms with Gasteiger partial charge in [0, 0.05) is 37.8 Å². The molecule has 0 bridgehead atoms. The van der Waals surface area contributed by atoms with Crippen molar-refractivity contribution in [2.45, 2.75) is 25.7 Å². The number of rotatable bonds is 2. The number of alkyl halides is 3. The van der Waals surface area contributed by atoms with Crippen molar-refractivity contribution in [1.82, 2.24) is 24.8 Å².